The lowest BCUT2D eigenvalue weighted by Crippen LogP contribution is -2.49. The molecule has 0 radical (unpaired) electrons. The monoisotopic (exact) mass is 536 g/mol. The summed E-state index contributed by atoms with van der Waals surface area (Å²) in [5.41, 5.74) is 0.528. The number of alkyl halides is 3. The van der Waals surface area contributed by atoms with Gasteiger partial charge in [-0.05, 0) is 49.2 Å². The van der Waals surface area contributed by atoms with Crippen molar-refractivity contribution in [2.24, 2.45) is 0 Å². The predicted octanol–water partition coefficient (Wildman–Crippen LogP) is 4.26. The van der Waals surface area contributed by atoms with Gasteiger partial charge in [0.15, 0.2) is 11.6 Å². The van der Waals surface area contributed by atoms with E-state index in [-0.39, 0.29) is 31.2 Å². The van der Waals surface area contributed by atoms with Gasteiger partial charge in [0, 0.05) is 32.2 Å². The predicted molar refractivity (Wildman–Crippen MR) is 128 cm³/mol. The normalized spacial score (nSPS) is 17.2. The lowest BCUT2D eigenvalue weighted by atomic mass is 10.2. The van der Waals surface area contributed by atoms with Crippen LogP contribution in [-0.4, -0.2) is 54.9 Å². The molecule has 1 aliphatic heterocycles. The van der Waals surface area contributed by atoms with Gasteiger partial charge in [0.2, 0.25) is 10.0 Å². The molecule has 2 fully saturated rings. The highest BCUT2D eigenvalue weighted by Crippen LogP contribution is 2.35. The number of nitrogens with one attached hydrogen (secondary N) is 1. The first-order valence-electron chi connectivity index (χ1n) is 11.2. The molecule has 0 atom stereocenters. The van der Waals surface area contributed by atoms with Crippen molar-refractivity contribution in [3.63, 3.8) is 0 Å². The fraction of sp³-hybridized carbons (Fsp3) is 0.348. The second kappa shape index (κ2) is 9.06. The van der Waals surface area contributed by atoms with Crippen LogP contribution in [0.4, 0.5) is 24.8 Å². The molecule has 8 nitrogen and oxygen atoms in total. The number of halogens is 4. The van der Waals surface area contributed by atoms with Gasteiger partial charge in [0.1, 0.15) is 4.90 Å². The van der Waals surface area contributed by atoms with Gasteiger partial charge < -0.3 is 10.2 Å². The molecule has 1 aliphatic carbocycles. The van der Waals surface area contributed by atoms with Crippen LogP contribution in [0.5, 0.6) is 0 Å². The molecule has 1 N–H and O–H groups in total. The molecule has 3 aromatic rings. The zero-order valence-corrected chi connectivity index (χ0v) is 20.3. The van der Waals surface area contributed by atoms with E-state index in [0.29, 0.717) is 40.3 Å². The molecule has 1 saturated heterocycles. The first-order valence-corrected chi connectivity index (χ1v) is 13.0. The Hall–Kier alpha value is -3.14. The summed E-state index contributed by atoms with van der Waals surface area (Å²) < 4.78 is 67.0. The Labute approximate surface area is 210 Å². The van der Waals surface area contributed by atoms with Crippen LogP contribution in [0.1, 0.15) is 24.0 Å². The van der Waals surface area contributed by atoms with Crippen LogP contribution >= 0.6 is 11.6 Å². The fourth-order valence-corrected chi connectivity index (χ4v) is 5.93. The van der Waals surface area contributed by atoms with Crippen LogP contribution in [0.25, 0.3) is 11.0 Å². The number of anilines is 2. The van der Waals surface area contributed by atoms with Crippen LogP contribution in [0.3, 0.4) is 0 Å². The van der Waals surface area contributed by atoms with Crippen LogP contribution in [0.15, 0.2) is 41.3 Å². The Kier molecular flexibility index (Phi) is 6.18. The summed E-state index contributed by atoms with van der Waals surface area (Å²) in [5, 5.41) is 12.3. The maximum atomic E-state index is 13.2. The second-order valence-electron chi connectivity index (χ2n) is 8.66. The van der Waals surface area contributed by atoms with Gasteiger partial charge >= 0.3 is 6.18 Å². The molecule has 2 aliphatic rings. The molecule has 2 aromatic carbocycles. The number of sulfonamides is 1. The number of nitriles is 1. The summed E-state index contributed by atoms with van der Waals surface area (Å²) in [4.78, 5) is 10.7. The summed E-state index contributed by atoms with van der Waals surface area (Å²) in [6.07, 6.45) is -2.68. The Morgan fingerprint density at radius 3 is 2.39 bits per heavy atom. The number of nitrogens with zero attached hydrogens (tertiary/aromatic N) is 5. The van der Waals surface area contributed by atoms with Crippen molar-refractivity contribution in [3.05, 3.63) is 52.5 Å². The highest BCUT2D eigenvalue weighted by Gasteiger charge is 2.36. The average molecular weight is 537 g/mol. The highest BCUT2D eigenvalue weighted by molar-refractivity contribution is 7.89. The van der Waals surface area contributed by atoms with E-state index in [9.17, 15) is 26.9 Å². The lowest BCUT2D eigenvalue weighted by molar-refractivity contribution is -0.137. The summed E-state index contributed by atoms with van der Waals surface area (Å²) in [6.45, 7) is 0.534. The van der Waals surface area contributed by atoms with Gasteiger partial charge in [-0.3, -0.25) is 0 Å². The number of hydrogen-bond acceptors (Lipinski definition) is 7. The minimum atomic E-state index is -4.70. The minimum Gasteiger partial charge on any atom is -0.364 e. The van der Waals surface area contributed by atoms with E-state index >= 15 is 0 Å². The molecule has 0 bridgehead atoms. The zero-order chi connectivity index (χ0) is 25.7. The van der Waals surface area contributed by atoms with Gasteiger partial charge in [-0.1, -0.05) is 11.6 Å². The van der Waals surface area contributed by atoms with E-state index in [0.717, 1.165) is 29.3 Å². The number of benzene rings is 2. The summed E-state index contributed by atoms with van der Waals surface area (Å²) in [7, 11) is -4.26. The van der Waals surface area contributed by atoms with E-state index in [2.05, 4.69) is 16.4 Å². The lowest BCUT2D eigenvalue weighted by Gasteiger charge is -2.35. The van der Waals surface area contributed by atoms with Crippen LogP contribution < -0.4 is 10.2 Å². The van der Waals surface area contributed by atoms with Crippen molar-refractivity contribution >= 4 is 44.3 Å². The fourth-order valence-electron chi connectivity index (χ4n) is 4.01. The van der Waals surface area contributed by atoms with Gasteiger partial charge in [0.05, 0.1) is 33.3 Å². The number of piperazine rings is 1. The maximum Gasteiger partial charge on any atom is 0.416 e. The molecule has 1 aromatic heterocycles. The van der Waals surface area contributed by atoms with E-state index < -0.39 is 26.7 Å². The molecule has 5 rings (SSSR count). The third kappa shape index (κ3) is 4.78. The van der Waals surface area contributed by atoms with Crippen LogP contribution in [-0.2, 0) is 16.2 Å². The third-order valence-electron chi connectivity index (χ3n) is 6.11. The molecule has 2 heterocycles. The largest absolute Gasteiger partial charge is 0.416 e. The molecule has 36 heavy (non-hydrogen) atoms. The van der Waals surface area contributed by atoms with E-state index in [1.165, 1.54) is 0 Å². The number of hydrogen-bond donors (Lipinski definition) is 1. The summed E-state index contributed by atoms with van der Waals surface area (Å²) in [6, 6.07) is 9.68. The van der Waals surface area contributed by atoms with E-state index in [1.807, 2.05) is 4.90 Å². The summed E-state index contributed by atoms with van der Waals surface area (Å²) in [5.74, 6) is 1.12. The summed E-state index contributed by atoms with van der Waals surface area (Å²) >= 11 is 6.00. The van der Waals surface area contributed by atoms with Crippen molar-refractivity contribution in [2.45, 2.75) is 30.0 Å². The SMILES string of the molecule is N#Cc1ccc2nc(NC3CC3)c(N3CCN(S(=O)(=O)c4cc(C(F)(F)F)ccc4Cl)CC3)nc2c1. The molecular formula is C23H20ClF3N6O2S. The van der Waals surface area contributed by atoms with Crippen molar-refractivity contribution in [1.29, 1.82) is 5.26 Å². The second-order valence-corrected chi connectivity index (χ2v) is 11.0. The van der Waals surface area contributed by atoms with Gasteiger partial charge in [0.25, 0.3) is 0 Å². The standard InChI is InChI=1S/C23H20ClF3N6O2S/c24-17-5-2-15(23(25,26)27)12-20(17)36(34,35)33-9-7-32(8-10-33)22-21(29-16-3-4-16)30-18-6-1-14(13-28)11-19(18)31-22/h1-2,5-6,11-12,16H,3-4,7-10H2,(H,29,30). The molecule has 13 heteroatoms. The Morgan fingerprint density at radius 1 is 1.03 bits per heavy atom. The zero-order valence-electron chi connectivity index (χ0n) is 18.8. The number of aromatic nitrogens is 2. The van der Waals surface area contributed by atoms with Gasteiger partial charge in [-0.15, -0.1) is 0 Å². The quantitative estimate of drug-likeness (QED) is 0.520. The van der Waals surface area contributed by atoms with Crippen molar-refractivity contribution in [2.75, 3.05) is 36.4 Å². The first kappa shape index (κ1) is 24.5. The molecular weight excluding hydrogens is 517 g/mol. The van der Waals surface area contributed by atoms with Crippen LogP contribution in [0.2, 0.25) is 5.02 Å². The van der Waals surface area contributed by atoms with Crippen molar-refractivity contribution in [3.8, 4) is 6.07 Å². The third-order valence-corrected chi connectivity index (χ3v) is 8.49. The molecule has 0 unspecified atom stereocenters. The molecule has 0 spiro atoms. The van der Waals surface area contributed by atoms with Crippen molar-refractivity contribution in [1.82, 2.24) is 14.3 Å². The number of fused-ring (bicyclic) bond motifs is 1. The smallest absolute Gasteiger partial charge is 0.364 e. The molecule has 188 valence electrons. The Bertz CT molecular complexity index is 1480. The topological polar surface area (TPSA) is 102 Å². The van der Waals surface area contributed by atoms with Gasteiger partial charge in [-0.25, -0.2) is 18.4 Å². The van der Waals surface area contributed by atoms with E-state index in [1.54, 1.807) is 18.2 Å². The van der Waals surface area contributed by atoms with Crippen LogP contribution in [0, 0.1) is 11.3 Å². The van der Waals surface area contributed by atoms with Crippen molar-refractivity contribution < 1.29 is 21.6 Å². The Balaban J connectivity index is 1.41. The van der Waals surface area contributed by atoms with Gasteiger partial charge in [-0.2, -0.15) is 22.7 Å². The van der Waals surface area contributed by atoms with E-state index in [4.69, 9.17) is 16.6 Å². The Morgan fingerprint density at radius 2 is 1.75 bits per heavy atom. The number of rotatable bonds is 5. The average Bonchev–Trinajstić information content (AvgIpc) is 3.67. The minimum absolute atomic E-state index is 0.0235. The maximum absolute atomic E-state index is 13.2. The molecule has 1 saturated carbocycles. The molecule has 0 amide bonds. The first-order chi connectivity index (χ1) is 17.1. The highest BCUT2D eigenvalue weighted by atomic mass is 35.5.